The van der Waals surface area contributed by atoms with Crippen LogP contribution in [0.15, 0.2) is 53.9 Å². The van der Waals surface area contributed by atoms with Gasteiger partial charge in [0.1, 0.15) is 5.01 Å². The first-order valence-corrected chi connectivity index (χ1v) is 8.95. The largest absolute Gasteiger partial charge is 0.304 e. The fourth-order valence-electron chi connectivity index (χ4n) is 2.31. The molecule has 1 atom stereocenters. The lowest BCUT2D eigenvalue weighted by Gasteiger charge is -2.14. The molecule has 0 fully saturated rings. The van der Waals surface area contributed by atoms with Gasteiger partial charge >= 0.3 is 0 Å². The summed E-state index contributed by atoms with van der Waals surface area (Å²) < 4.78 is 0. The summed E-state index contributed by atoms with van der Waals surface area (Å²) in [5.41, 5.74) is 3.21. The Morgan fingerprint density at radius 1 is 1.09 bits per heavy atom. The second-order valence-electron chi connectivity index (χ2n) is 5.27. The van der Waals surface area contributed by atoms with Gasteiger partial charge in [-0.05, 0) is 30.7 Å². The Morgan fingerprint density at radius 3 is 2.57 bits per heavy atom. The fraction of sp³-hybridized carbons (Fsp3) is 0.167. The normalized spacial score (nSPS) is 12.3. The third kappa shape index (κ3) is 4.12. The summed E-state index contributed by atoms with van der Waals surface area (Å²) in [5.74, 6) is 0. The summed E-state index contributed by atoms with van der Waals surface area (Å²) in [6, 6.07) is 15.8. The van der Waals surface area contributed by atoms with E-state index in [2.05, 4.69) is 22.6 Å². The van der Waals surface area contributed by atoms with Gasteiger partial charge in [0.2, 0.25) is 0 Å². The zero-order valence-electron chi connectivity index (χ0n) is 12.6. The zero-order valence-corrected chi connectivity index (χ0v) is 14.9. The van der Waals surface area contributed by atoms with Crippen molar-refractivity contribution in [2.45, 2.75) is 19.5 Å². The van der Waals surface area contributed by atoms with Crippen LogP contribution in [0.2, 0.25) is 10.0 Å². The quantitative estimate of drug-likeness (QED) is 0.604. The molecule has 118 valence electrons. The molecule has 1 N–H and O–H groups in total. The standard InChI is InChI=1S/C18H16Cl2N2S/c1-12(16-4-2-3-5-17(16)20)21-10-15-11-23-18(22-15)13-6-8-14(19)9-7-13/h2-9,11-12,21H,10H2,1H3/t12-/m1/s1. The van der Waals surface area contributed by atoms with Crippen molar-refractivity contribution in [3.8, 4) is 10.6 Å². The maximum Gasteiger partial charge on any atom is 0.123 e. The minimum absolute atomic E-state index is 0.171. The molecule has 0 aliphatic rings. The Morgan fingerprint density at radius 2 is 1.83 bits per heavy atom. The highest BCUT2D eigenvalue weighted by Gasteiger charge is 2.10. The van der Waals surface area contributed by atoms with Gasteiger partial charge in [-0.2, -0.15) is 0 Å². The lowest BCUT2D eigenvalue weighted by Crippen LogP contribution is -2.18. The molecule has 3 aromatic rings. The molecule has 0 aliphatic heterocycles. The van der Waals surface area contributed by atoms with Crippen LogP contribution in [0.5, 0.6) is 0 Å². The Bertz CT molecular complexity index is 784. The summed E-state index contributed by atoms with van der Waals surface area (Å²) in [7, 11) is 0. The molecule has 2 aromatic carbocycles. The monoisotopic (exact) mass is 362 g/mol. The highest BCUT2D eigenvalue weighted by Crippen LogP contribution is 2.26. The second-order valence-corrected chi connectivity index (χ2v) is 6.98. The molecule has 2 nitrogen and oxygen atoms in total. The minimum Gasteiger partial charge on any atom is -0.304 e. The molecule has 1 aromatic heterocycles. The van der Waals surface area contributed by atoms with Crippen LogP contribution in [0.3, 0.4) is 0 Å². The maximum absolute atomic E-state index is 6.23. The third-order valence-corrected chi connectivity index (χ3v) is 5.14. The summed E-state index contributed by atoms with van der Waals surface area (Å²) in [4.78, 5) is 4.68. The van der Waals surface area contributed by atoms with E-state index in [1.165, 1.54) is 0 Å². The number of benzene rings is 2. The van der Waals surface area contributed by atoms with E-state index < -0.39 is 0 Å². The van der Waals surface area contributed by atoms with Crippen LogP contribution in [-0.2, 0) is 6.54 Å². The highest BCUT2D eigenvalue weighted by molar-refractivity contribution is 7.13. The first kappa shape index (κ1) is 16.5. The number of thiazole rings is 1. The van der Waals surface area contributed by atoms with Crippen molar-refractivity contribution in [1.29, 1.82) is 0 Å². The van der Waals surface area contributed by atoms with Gasteiger partial charge in [-0.3, -0.25) is 0 Å². The topological polar surface area (TPSA) is 24.9 Å². The second kappa shape index (κ2) is 7.45. The summed E-state index contributed by atoms with van der Waals surface area (Å²) >= 11 is 13.8. The lowest BCUT2D eigenvalue weighted by molar-refractivity contribution is 0.569. The van der Waals surface area contributed by atoms with Crippen LogP contribution in [0.4, 0.5) is 0 Å². The Labute approximate surface area is 150 Å². The van der Waals surface area contributed by atoms with Crippen molar-refractivity contribution >= 4 is 34.5 Å². The van der Waals surface area contributed by atoms with Gasteiger partial charge in [-0.25, -0.2) is 4.98 Å². The van der Waals surface area contributed by atoms with Gasteiger partial charge in [0.15, 0.2) is 0 Å². The van der Waals surface area contributed by atoms with Crippen molar-refractivity contribution in [3.63, 3.8) is 0 Å². The predicted octanol–water partition coefficient (Wildman–Crippen LogP) is 5.97. The van der Waals surface area contributed by atoms with E-state index in [-0.39, 0.29) is 6.04 Å². The van der Waals surface area contributed by atoms with Crippen molar-refractivity contribution in [3.05, 3.63) is 75.2 Å². The molecule has 0 saturated heterocycles. The number of halogens is 2. The SMILES string of the molecule is C[C@@H](NCc1csc(-c2ccc(Cl)cc2)n1)c1ccccc1Cl. The molecule has 0 bridgehead atoms. The maximum atomic E-state index is 6.23. The first-order valence-electron chi connectivity index (χ1n) is 7.31. The van der Waals surface area contributed by atoms with Crippen LogP contribution in [0.25, 0.3) is 10.6 Å². The Kier molecular flexibility index (Phi) is 5.34. The Hall–Kier alpha value is -1.39. The number of nitrogens with one attached hydrogen (secondary N) is 1. The van der Waals surface area contributed by atoms with Crippen LogP contribution in [0, 0.1) is 0 Å². The summed E-state index contributed by atoms with van der Waals surface area (Å²) in [6.45, 7) is 2.81. The molecule has 23 heavy (non-hydrogen) atoms. The van der Waals surface area contributed by atoms with E-state index in [9.17, 15) is 0 Å². The van der Waals surface area contributed by atoms with Crippen LogP contribution in [0.1, 0.15) is 24.2 Å². The van der Waals surface area contributed by atoms with E-state index in [0.717, 1.165) is 31.9 Å². The molecule has 0 saturated carbocycles. The van der Waals surface area contributed by atoms with E-state index in [1.807, 2.05) is 48.5 Å². The zero-order chi connectivity index (χ0) is 16.2. The van der Waals surface area contributed by atoms with Crippen molar-refractivity contribution in [2.24, 2.45) is 0 Å². The lowest BCUT2D eigenvalue weighted by atomic mass is 10.1. The van der Waals surface area contributed by atoms with Gasteiger partial charge < -0.3 is 5.32 Å². The third-order valence-electron chi connectivity index (χ3n) is 3.60. The molecule has 0 radical (unpaired) electrons. The smallest absolute Gasteiger partial charge is 0.123 e. The van der Waals surface area contributed by atoms with Gasteiger partial charge in [0, 0.05) is 33.6 Å². The number of hydrogen-bond donors (Lipinski definition) is 1. The van der Waals surface area contributed by atoms with Gasteiger partial charge in [-0.1, -0.05) is 53.5 Å². The first-order chi connectivity index (χ1) is 11.1. The number of hydrogen-bond acceptors (Lipinski definition) is 3. The van der Waals surface area contributed by atoms with Gasteiger partial charge in [0.05, 0.1) is 5.69 Å². The van der Waals surface area contributed by atoms with E-state index in [0.29, 0.717) is 6.54 Å². The van der Waals surface area contributed by atoms with Crippen molar-refractivity contribution < 1.29 is 0 Å². The average Bonchev–Trinajstić information content (AvgIpc) is 3.03. The van der Waals surface area contributed by atoms with Crippen molar-refractivity contribution in [1.82, 2.24) is 10.3 Å². The summed E-state index contributed by atoms with van der Waals surface area (Å²) in [5, 5.41) is 8.07. The van der Waals surface area contributed by atoms with Crippen molar-refractivity contribution in [2.75, 3.05) is 0 Å². The molecule has 3 rings (SSSR count). The molecule has 0 unspecified atom stereocenters. The summed E-state index contributed by atoms with van der Waals surface area (Å²) in [6.07, 6.45) is 0. The molecule has 0 amide bonds. The van der Waals surface area contributed by atoms with Crippen LogP contribution >= 0.6 is 34.5 Å². The molecule has 1 heterocycles. The van der Waals surface area contributed by atoms with E-state index >= 15 is 0 Å². The average molecular weight is 363 g/mol. The highest BCUT2D eigenvalue weighted by atomic mass is 35.5. The number of aromatic nitrogens is 1. The van der Waals surface area contributed by atoms with Gasteiger partial charge in [0.25, 0.3) is 0 Å². The molecule has 0 spiro atoms. The molecular weight excluding hydrogens is 347 g/mol. The predicted molar refractivity (Wildman–Crippen MR) is 99.3 cm³/mol. The molecule has 0 aliphatic carbocycles. The minimum atomic E-state index is 0.171. The Balaban J connectivity index is 1.65. The molecule has 5 heteroatoms. The number of nitrogens with zero attached hydrogens (tertiary/aromatic N) is 1. The van der Waals surface area contributed by atoms with E-state index in [1.54, 1.807) is 11.3 Å². The number of rotatable bonds is 5. The van der Waals surface area contributed by atoms with Gasteiger partial charge in [-0.15, -0.1) is 11.3 Å². The van der Waals surface area contributed by atoms with E-state index in [4.69, 9.17) is 23.2 Å². The van der Waals surface area contributed by atoms with Crippen LogP contribution < -0.4 is 5.32 Å². The molecular formula is C18H16Cl2N2S. The van der Waals surface area contributed by atoms with Crippen LogP contribution in [-0.4, -0.2) is 4.98 Å². The fourth-order valence-corrected chi connectivity index (χ4v) is 3.56.